The number of urea groups is 1. The summed E-state index contributed by atoms with van der Waals surface area (Å²) in [4.78, 5) is 12.1. The van der Waals surface area contributed by atoms with Gasteiger partial charge in [0.2, 0.25) is 0 Å². The quantitative estimate of drug-likeness (QED) is 0.640. The van der Waals surface area contributed by atoms with Gasteiger partial charge in [-0.3, -0.25) is 5.32 Å². The number of unbranched alkanes of at least 4 members (excludes halogenated alkanes) is 1. The molecule has 0 radical (unpaired) electrons. The first kappa shape index (κ1) is 16.8. The lowest BCUT2D eigenvalue weighted by Gasteiger charge is -2.06. The minimum atomic E-state index is -0.353. The van der Waals surface area contributed by atoms with Gasteiger partial charge in [-0.05, 0) is 30.5 Å². The van der Waals surface area contributed by atoms with Crippen LogP contribution in [-0.2, 0) is 6.42 Å². The third kappa shape index (κ3) is 4.70. The minimum absolute atomic E-state index is 0.353. The lowest BCUT2D eigenvalue weighted by molar-refractivity contribution is 0.262. The number of aromatic nitrogens is 1. The van der Waals surface area contributed by atoms with E-state index < -0.39 is 0 Å². The van der Waals surface area contributed by atoms with Gasteiger partial charge in [0.15, 0.2) is 11.6 Å². The Kier molecular flexibility index (Phi) is 5.46. The molecule has 3 aromatic rings. The molecular formula is C20H21N3O2. The van der Waals surface area contributed by atoms with Crippen molar-refractivity contribution in [1.29, 1.82) is 0 Å². The van der Waals surface area contributed by atoms with Gasteiger partial charge in [-0.2, -0.15) is 0 Å². The number of hydrogen-bond acceptors (Lipinski definition) is 3. The van der Waals surface area contributed by atoms with E-state index in [1.54, 1.807) is 6.07 Å². The molecule has 128 valence electrons. The Bertz CT molecular complexity index is 810. The van der Waals surface area contributed by atoms with E-state index in [4.69, 9.17) is 4.52 Å². The van der Waals surface area contributed by atoms with Gasteiger partial charge in [0.05, 0.1) is 0 Å². The van der Waals surface area contributed by atoms with Crippen molar-refractivity contribution in [2.45, 2.75) is 26.2 Å². The molecule has 2 aromatic carbocycles. The highest BCUT2D eigenvalue weighted by atomic mass is 16.5. The van der Waals surface area contributed by atoms with Crippen molar-refractivity contribution in [3.8, 4) is 11.3 Å². The Hall–Kier alpha value is -3.08. The molecular weight excluding hydrogens is 314 g/mol. The molecule has 5 heteroatoms. The lowest BCUT2D eigenvalue weighted by atomic mass is 10.1. The number of carbonyl (C=O) groups is 1. The Morgan fingerprint density at radius 2 is 1.80 bits per heavy atom. The summed E-state index contributed by atoms with van der Waals surface area (Å²) in [6.07, 6.45) is 3.40. The van der Waals surface area contributed by atoms with E-state index in [9.17, 15) is 4.79 Å². The second-order valence-electron chi connectivity index (χ2n) is 5.82. The van der Waals surface area contributed by atoms with Crippen molar-refractivity contribution >= 4 is 17.5 Å². The number of carbonyl (C=O) groups excluding carboxylic acids is 1. The molecule has 2 amide bonds. The number of rotatable bonds is 6. The Morgan fingerprint density at radius 3 is 2.52 bits per heavy atom. The molecule has 1 aromatic heterocycles. The van der Waals surface area contributed by atoms with Crippen LogP contribution in [0.25, 0.3) is 11.3 Å². The number of aryl methyl sites for hydroxylation is 1. The molecule has 5 nitrogen and oxygen atoms in total. The highest BCUT2D eigenvalue weighted by molar-refractivity contribution is 5.99. The van der Waals surface area contributed by atoms with Gasteiger partial charge in [0.1, 0.15) is 0 Å². The number of anilines is 2. The predicted octanol–water partition coefficient (Wildman–Crippen LogP) is 5.33. The number of nitrogens with one attached hydrogen (secondary N) is 2. The Balaban J connectivity index is 1.57. The van der Waals surface area contributed by atoms with Crippen LogP contribution in [0.15, 0.2) is 65.2 Å². The number of hydrogen-bond donors (Lipinski definition) is 2. The van der Waals surface area contributed by atoms with E-state index in [-0.39, 0.29) is 6.03 Å². The van der Waals surface area contributed by atoms with Crippen LogP contribution in [-0.4, -0.2) is 11.2 Å². The second-order valence-corrected chi connectivity index (χ2v) is 5.82. The standard InChI is InChI=1S/C20H21N3O2/c1-2-3-7-15-10-12-17(13-11-15)21-20(24)22-19-14-18(25-23-19)16-8-5-4-6-9-16/h4-6,8-14H,2-3,7H2,1H3,(H2,21,22,23,24). The summed E-state index contributed by atoms with van der Waals surface area (Å²) >= 11 is 0. The van der Waals surface area contributed by atoms with Crippen LogP contribution in [0.5, 0.6) is 0 Å². The van der Waals surface area contributed by atoms with Gasteiger partial charge in [0.25, 0.3) is 0 Å². The molecule has 0 spiro atoms. The molecule has 0 aliphatic rings. The van der Waals surface area contributed by atoms with Crippen molar-refractivity contribution in [2.75, 3.05) is 10.6 Å². The van der Waals surface area contributed by atoms with E-state index in [0.717, 1.165) is 17.7 Å². The fourth-order valence-corrected chi connectivity index (χ4v) is 2.49. The first-order valence-electron chi connectivity index (χ1n) is 8.43. The maximum absolute atomic E-state index is 12.1. The van der Waals surface area contributed by atoms with Gasteiger partial charge >= 0.3 is 6.03 Å². The van der Waals surface area contributed by atoms with E-state index >= 15 is 0 Å². The summed E-state index contributed by atoms with van der Waals surface area (Å²) in [6, 6.07) is 18.8. The maximum atomic E-state index is 12.1. The van der Waals surface area contributed by atoms with E-state index in [2.05, 4.69) is 22.7 Å². The van der Waals surface area contributed by atoms with E-state index in [1.807, 2.05) is 54.6 Å². The second kappa shape index (κ2) is 8.15. The van der Waals surface area contributed by atoms with E-state index in [0.29, 0.717) is 11.6 Å². The topological polar surface area (TPSA) is 67.2 Å². The number of amides is 2. The fraction of sp³-hybridized carbons (Fsp3) is 0.200. The molecule has 1 heterocycles. The molecule has 25 heavy (non-hydrogen) atoms. The maximum Gasteiger partial charge on any atom is 0.324 e. The van der Waals surface area contributed by atoms with Crippen molar-refractivity contribution in [1.82, 2.24) is 5.16 Å². The molecule has 0 saturated carbocycles. The van der Waals surface area contributed by atoms with Crippen molar-refractivity contribution in [2.24, 2.45) is 0 Å². The zero-order valence-electron chi connectivity index (χ0n) is 14.2. The van der Waals surface area contributed by atoms with Gasteiger partial charge in [-0.25, -0.2) is 4.79 Å². The zero-order chi connectivity index (χ0) is 17.5. The van der Waals surface area contributed by atoms with Crippen LogP contribution in [0, 0.1) is 0 Å². The third-order valence-electron chi connectivity index (χ3n) is 3.84. The molecule has 0 bridgehead atoms. The largest absolute Gasteiger partial charge is 0.354 e. The summed E-state index contributed by atoms with van der Waals surface area (Å²) in [5, 5.41) is 9.34. The minimum Gasteiger partial charge on any atom is -0.354 e. The van der Waals surface area contributed by atoms with Crippen LogP contribution in [0.2, 0.25) is 0 Å². The smallest absolute Gasteiger partial charge is 0.324 e. The van der Waals surface area contributed by atoms with Gasteiger partial charge in [-0.15, -0.1) is 0 Å². The van der Waals surface area contributed by atoms with Crippen LogP contribution in [0.3, 0.4) is 0 Å². The average Bonchev–Trinajstić information content (AvgIpc) is 3.10. The number of benzene rings is 2. The van der Waals surface area contributed by atoms with Crippen molar-refractivity contribution < 1.29 is 9.32 Å². The third-order valence-corrected chi connectivity index (χ3v) is 3.84. The lowest BCUT2D eigenvalue weighted by Crippen LogP contribution is -2.19. The number of nitrogens with zero attached hydrogens (tertiary/aromatic N) is 1. The highest BCUT2D eigenvalue weighted by Crippen LogP contribution is 2.22. The van der Waals surface area contributed by atoms with Gasteiger partial charge in [0, 0.05) is 17.3 Å². The van der Waals surface area contributed by atoms with Gasteiger partial charge in [-0.1, -0.05) is 61.0 Å². The van der Waals surface area contributed by atoms with Crippen LogP contribution < -0.4 is 10.6 Å². The average molecular weight is 335 g/mol. The van der Waals surface area contributed by atoms with Gasteiger partial charge < -0.3 is 9.84 Å². The van der Waals surface area contributed by atoms with Crippen LogP contribution in [0.1, 0.15) is 25.3 Å². The summed E-state index contributed by atoms with van der Waals surface area (Å²) in [5.41, 5.74) is 2.92. The molecule has 2 N–H and O–H groups in total. The molecule has 3 rings (SSSR count). The Morgan fingerprint density at radius 1 is 1.04 bits per heavy atom. The predicted molar refractivity (Wildman–Crippen MR) is 99.6 cm³/mol. The van der Waals surface area contributed by atoms with Crippen molar-refractivity contribution in [3.63, 3.8) is 0 Å². The normalized spacial score (nSPS) is 10.4. The molecule has 0 saturated heterocycles. The molecule has 0 fully saturated rings. The Labute approximate surface area is 147 Å². The SMILES string of the molecule is CCCCc1ccc(NC(=O)Nc2cc(-c3ccccc3)on2)cc1. The molecule has 0 unspecified atom stereocenters. The first-order valence-corrected chi connectivity index (χ1v) is 8.43. The van der Waals surface area contributed by atoms with Crippen molar-refractivity contribution in [3.05, 3.63) is 66.2 Å². The summed E-state index contributed by atoms with van der Waals surface area (Å²) in [7, 11) is 0. The first-order chi connectivity index (χ1) is 12.2. The summed E-state index contributed by atoms with van der Waals surface area (Å²) < 4.78 is 5.26. The highest BCUT2D eigenvalue weighted by Gasteiger charge is 2.09. The van der Waals surface area contributed by atoms with E-state index in [1.165, 1.54) is 18.4 Å². The summed E-state index contributed by atoms with van der Waals surface area (Å²) in [6.45, 7) is 2.17. The molecule has 0 aliphatic heterocycles. The molecule has 0 aliphatic carbocycles. The monoisotopic (exact) mass is 335 g/mol. The zero-order valence-corrected chi connectivity index (χ0v) is 14.2. The fourth-order valence-electron chi connectivity index (χ4n) is 2.49. The summed E-state index contributed by atoms with van der Waals surface area (Å²) in [5.74, 6) is 0.979. The van der Waals surface area contributed by atoms with Crippen LogP contribution in [0.4, 0.5) is 16.3 Å². The molecule has 0 atom stereocenters. The van der Waals surface area contributed by atoms with Crippen LogP contribution >= 0.6 is 0 Å².